The van der Waals surface area contributed by atoms with Crippen molar-refractivity contribution >= 4 is 5.78 Å². The average Bonchev–Trinajstić information content (AvgIpc) is 2.44. The smallest absolute Gasteiger partial charge is 0.133 e. The Balaban J connectivity index is 2.09. The van der Waals surface area contributed by atoms with Crippen LogP contribution in [0.3, 0.4) is 0 Å². The van der Waals surface area contributed by atoms with E-state index in [9.17, 15) is 4.79 Å². The lowest BCUT2D eigenvalue weighted by Crippen LogP contribution is -2.16. The van der Waals surface area contributed by atoms with Crippen LogP contribution in [0.1, 0.15) is 18.9 Å². The average molecular weight is 176 g/mol. The van der Waals surface area contributed by atoms with Crippen LogP contribution in [-0.4, -0.2) is 11.9 Å². The number of hydrogen-bond donors (Lipinski definition) is 0. The highest BCUT2D eigenvalue weighted by Crippen LogP contribution is 2.29. The second kappa shape index (κ2) is 3.21. The van der Waals surface area contributed by atoms with Crippen LogP contribution in [0, 0.1) is 0 Å². The summed E-state index contributed by atoms with van der Waals surface area (Å²) < 4.78 is 5.60. The van der Waals surface area contributed by atoms with Gasteiger partial charge in [-0.1, -0.05) is 18.2 Å². The number of ketones is 1. The number of hydrogen-bond acceptors (Lipinski definition) is 2. The number of carbonyl (C=O) groups is 1. The highest BCUT2D eigenvalue weighted by atomic mass is 16.5. The number of rotatable bonds is 2. The summed E-state index contributed by atoms with van der Waals surface area (Å²) in [6, 6.07) is 7.96. The molecule has 68 valence electrons. The zero-order chi connectivity index (χ0) is 9.26. The molecule has 0 bridgehead atoms. The van der Waals surface area contributed by atoms with E-state index in [4.69, 9.17) is 4.74 Å². The second-order valence-electron chi connectivity index (χ2n) is 3.46. The minimum absolute atomic E-state index is 0.0647. The highest BCUT2D eigenvalue weighted by molar-refractivity contribution is 5.76. The Kier molecular flexibility index (Phi) is 2.05. The maximum atomic E-state index is 10.9. The molecule has 0 N–H and O–H groups in total. The molecule has 1 aromatic rings. The minimum Gasteiger partial charge on any atom is -0.489 e. The van der Waals surface area contributed by atoms with E-state index >= 15 is 0 Å². The Morgan fingerprint density at radius 3 is 3.00 bits per heavy atom. The molecular formula is C11H12O2. The Morgan fingerprint density at radius 1 is 1.54 bits per heavy atom. The van der Waals surface area contributed by atoms with E-state index in [1.807, 2.05) is 18.2 Å². The van der Waals surface area contributed by atoms with Crippen molar-refractivity contribution < 1.29 is 9.53 Å². The van der Waals surface area contributed by atoms with Gasteiger partial charge < -0.3 is 4.74 Å². The van der Waals surface area contributed by atoms with Crippen LogP contribution < -0.4 is 4.74 Å². The predicted octanol–water partition coefficient (Wildman–Crippen LogP) is 1.97. The standard InChI is InChI=1S/C11H12O2/c1-8(12)6-10-7-9-4-2-3-5-11(9)13-10/h2-5,10H,6-7H2,1H3. The first kappa shape index (κ1) is 8.30. The third-order valence-electron chi connectivity index (χ3n) is 2.23. The van der Waals surface area contributed by atoms with Gasteiger partial charge in [-0.3, -0.25) is 4.79 Å². The first-order valence-electron chi connectivity index (χ1n) is 4.49. The normalized spacial score (nSPS) is 19.3. The predicted molar refractivity (Wildman–Crippen MR) is 49.9 cm³/mol. The molecule has 0 saturated heterocycles. The van der Waals surface area contributed by atoms with Crippen molar-refractivity contribution in [1.82, 2.24) is 0 Å². The fourth-order valence-corrected chi connectivity index (χ4v) is 1.69. The number of carbonyl (C=O) groups excluding carboxylic acids is 1. The van der Waals surface area contributed by atoms with Crippen molar-refractivity contribution in [3.8, 4) is 5.75 Å². The van der Waals surface area contributed by atoms with Crippen LogP contribution in [-0.2, 0) is 11.2 Å². The summed E-state index contributed by atoms with van der Waals surface area (Å²) in [5.41, 5.74) is 1.22. The lowest BCUT2D eigenvalue weighted by molar-refractivity contribution is -0.118. The number of benzene rings is 1. The Morgan fingerprint density at radius 2 is 2.31 bits per heavy atom. The molecule has 2 heteroatoms. The largest absolute Gasteiger partial charge is 0.489 e. The van der Waals surface area contributed by atoms with Gasteiger partial charge in [0.05, 0.1) is 0 Å². The molecule has 0 aliphatic carbocycles. The Bertz CT molecular complexity index is 306. The summed E-state index contributed by atoms with van der Waals surface area (Å²) in [6.45, 7) is 1.60. The maximum absolute atomic E-state index is 10.9. The van der Waals surface area contributed by atoms with Gasteiger partial charge in [0.25, 0.3) is 0 Å². The van der Waals surface area contributed by atoms with E-state index in [1.54, 1.807) is 6.92 Å². The maximum Gasteiger partial charge on any atom is 0.133 e. The Hall–Kier alpha value is -1.31. The first-order valence-corrected chi connectivity index (χ1v) is 4.49. The molecule has 1 aromatic carbocycles. The van der Waals surface area contributed by atoms with Crippen LogP contribution in [0.2, 0.25) is 0 Å². The first-order chi connectivity index (χ1) is 6.25. The topological polar surface area (TPSA) is 26.3 Å². The van der Waals surface area contributed by atoms with E-state index in [-0.39, 0.29) is 11.9 Å². The molecule has 0 fully saturated rings. The zero-order valence-corrected chi connectivity index (χ0v) is 7.62. The highest BCUT2D eigenvalue weighted by Gasteiger charge is 2.22. The summed E-state index contributed by atoms with van der Waals surface area (Å²) >= 11 is 0. The van der Waals surface area contributed by atoms with Gasteiger partial charge in [-0.2, -0.15) is 0 Å². The third-order valence-corrected chi connectivity index (χ3v) is 2.23. The minimum atomic E-state index is 0.0647. The van der Waals surface area contributed by atoms with Crippen molar-refractivity contribution in [2.75, 3.05) is 0 Å². The number of ether oxygens (including phenoxy) is 1. The molecule has 1 heterocycles. The van der Waals surface area contributed by atoms with Crippen molar-refractivity contribution in [1.29, 1.82) is 0 Å². The van der Waals surface area contributed by atoms with Gasteiger partial charge in [0.15, 0.2) is 0 Å². The van der Waals surface area contributed by atoms with Crippen molar-refractivity contribution in [2.24, 2.45) is 0 Å². The van der Waals surface area contributed by atoms with Crippen molar-refractivity contribution in [2.45, 2.75) is 25.9 Å². The van der Waals surface area contributed by atoms with Crippen LogP contribution in [0.15, 0.2) is 24.3 Å². The summed E-state index contributed by atoms with van der Waals surface area (Å²) in [6.07, 6.45) is 1.46. The van der Waals surface area contributed by atoms with Gasteiger partial charge in [0.2, 0.25) is 0 Å². The molecule has 0 saturated carbocycles. The monoisotopic (exact) mass is 176 g/mol. The van der Waals surface area contributed by atoms with Gasteiger partial charge in [-0.15, -0.1) is 0 Å². The molecule has 2 nitrogen and oxygen atoms in total. The van der Waals surface area contributed by atoms with Gasteiger partial charge >= 0.3 is 0 Å². The molecule has 13 heavy (non-hydrogen) atoms. The van der Waals surface area contributed by atoms with Crippen LogP contribution in [0.25, 0.3) is 0 Å². The van der Waals surface area contributed by atoms with Gasteiger partial charge in [0.1, 0.15) is 17.6 Å². The van der Waals surface area contributed by atoms with E-state index < -0.39 is 0 Å². The summed E-state index contributed by atoms with van der Waals surface area (Å²) in [5.74, 6) is 1.13. The zero-order valence-electron chi connectivity index (χ0n) is 7.62. The molecule has 0 amide bonds. The number of fused-ring (bicyclic) bond motifs is 1. The molecule has 0 spiro atoms. The molecule has 2 rings (SSSR count). The van der Waals surface area contributed by atoms with Gasteiger partial charge in [-0.05, 0) is 18.6 Å². The number of Topliss-reactive ketones (excluding diaryl/α,β-unsaturated/α-hetero) is 1. The van der Waals surface area contributed by atoms with E-state index in [0.717, 1.165) is 12.2 Å². The molecular weight excluding hydrogens is 164 g/mol. The molecule has 1 atom stereocenters. The fraction of sp³-hybridized carbons (Fsp3) is 0.364. The van der Waals surface area contributed by atoms with Crippen LogP contribution in [0.5, 0.6) is 5.75 Å². The lowest BCUT2D eigenvalue weighted by atomic mass is 10.1. The molecule has 0 aromatic heterocycles. The summed E-state index contributed by atoms with van der Waals surface area (Å²) in [5, 5.41) is 0. The van der Waals surface area contributed by atoms with E-state index in [2.05, 4.69) is 6.07 Å². The van der Waals surface area contributed by atoms with Gasteiger partial charge in [-0.25, -0.2) is 0 Å². The quantitative estimate of drug-likeness (QED) is 0.688. The Labute approximate surface area is 77.5 Å². The summed E-state index contributed by atoms with van der Waals surface area (Å²) in [4.78, 5) is 10.9. The van der Waals surface area contributed by atoms with Crippen molar-refractivity contribution in [3.05, 3.63) is 29.8 Å². The summed E-state index contributed by atoms with van der Waals surface area (Å²) in [7, 11) is 0. The fourth-order valence-electron chi connectivity index (χ4n) is 1.69. The van der Waals surface area contributed by atoms with Gasteiger partial charge in [0, 0.05) is 12.8 Å². The molecule has 1 unspecified atom stereocenters. The van der Waals surface area contributed by atoms with Crippen LogP contribution >= 0.6 is 0 Å². The molecule has 0 radical (unpaired) electrons. The number of para-hydroxylation sites is 1. The lowest BCUT2D eigenvalue weighted by Gasteiger charge is -2.06. The van der Waals surface area contributed by atoms with E-state index in [1.165, 1.54) is 5.56 Å². The molecule has 1 aliphatic rings. The molecule has 1 aliphatic heterocycles. The van der Waals surface area contributed by atoms with Crippen molar-refractivity contribution in [3.63, 3.8) is 0 Å². The van der Waals surface area contributed by atoms with E-state index in [0.29, 0.717) is 6.42 Å². The SMILES string of the molecule is CC(=O)CC1Cc2ccccc2O1. The second-order valence-corrected chi connectivity index (χ2v) is 3.46. The van der Waals surface area contributed by atoms with Crippen LogP contribution in [0.4, 0.5) is 0 Å². The third kappa shape index (κ3) is 1.72.